The summed E-state index contributed by atoms with van der Waals surface area (Å²) in [4.78, 5) is 11.3. The molecule has 0 fully saturated rings. The number of halogens is 1. The number of esters is 1. The van der Waals surface area contributed by atoms with Crippen LogP contribution in [0.4, 0.5) is 0 Å². The van der Waals surface area contributed by atoms with Gasteiger partial charge in [-0.25, -0.2) is 13.1 Å². The molecule has 0 rings (SSSR count). The Labute approximate surface area is 102 Å². The summed E-state index contributed by atoms with van der Waals surface area (Å²) in [6, 6.07) is -0.842. The van der Waals surface area contributed by atoms with E-state index < -0.39 is 22.0 Å². The number of carbonyl (C=O) groups is 1. The number of rotatable bonds is 7. The van der Waals surface area contributed by atoms with Crippen molar-refractivity contribution in [2.75, 3.05) is 18.7 Å². The van der Waals surface area contributed by atoms with Gasteiger partial charge in [-0.3, -0.25) is 4.79 Å². The number of carbonyl (C=O) groups excluding carboxylic acids is 1. The Balaban J connectivity index is 4.57. The van der Waals surface area contributed by atoms with E-state index in [9.17, 15) is 13.2 Å². The molecule has 0 bridgehead atoms. The molecular weight excluding hydrogens is 254 g/mol. The molecule has 0 aliphatic heterocycles. The zero-order chi connectivity index (χ0) is 12.8. The fraction of sp³-hybridized carbons (Fsp3) is 0.889. The van der Waals surface area contributed by atoms with Crippen LogP contribution >= 0.6 is 11.6 Å². The van der Waals surface area contributed by atoms with Crippen LogP contribution in [0, 0.1) is 5.92 Å². The molecule has 0 saturated carbocycles. The molecular formula is C9H18ClNO4S. The van der Waals surface area contributed by atoms with Crippen molar-refractivity contribution in [1.82, 2.24) is 4.72 Å². The molecule has 96 valence electrons. The first-order valence-electron chi connectivity index (χ1n) is 4.98. The second kappa shape index (κ2) is 7.09. The van der Waals surface area contributed by atoms with Gasteiger partial charge < -0.3 is 4.74 Å². The van der Waals surface area contributed by atoms with Gasteiger partial charge in [0, 0.05) is 5.88 Å². The molecule has 0 aliphatic rings. The molecule has 0 spiro atoms. The fourth-order valence-corrected chi connectivity index (χ4v) is 2.77. The first-order valence-corrected chi connectivity index (χ1v) is 7.16. The summed E-state index contributed by atoms with van der Waals surface area (Å²) in [5.41, 5.74) is 0. The van der Waals surface area contributed by atoms with Crippen molar-refractivity contribution >= 4 is 27.6 Å². The van der Waals surface area contributed by atoms with Crippen molar-refractivity contribution in [3.05, 3.63) is 0 Å². The Bertz CT molecular complexity index is 315. The number of hydrogen-bond donors (Lipinski definition) is 1. The second-order valence-electron chi connectivity index (χ2n) is 3.72. The number of sulfonamides is 1. The lowest BCUT2D eigenvalue weighted by Crippen LogP contribution is -2.45. The molecule has 1 atom stereocenters. The monoisotopic (exact) mass is 271 g/mol. The highest BCUT2D eigenvalue weighted by Gasteiger charge is 2.27. The van der Waals surface area contributed by atoms with Gasteiger partial charge in [0.25, 0.3) is 0 Å². The standard InChI is InChI=1S/C9H18ClNO4S/c1-7(2)8(9(12)15-3)11-16(13,14)6-4-5-10/h7-8,11H,4-6H2,1-3H3. The van der Waals surface area contributed by atoms with E-state index >= 15 is 0 Å². The average molecular weight is 272 g/mol. The molecule has 1 unspecified atom stereocenters. The lowest BCUT2D eigenvalue weighted by molar-refractivity contribution is -0.143. The molecule has 5 nitrogen and oxygen atoms in total. The lowest BCUT2D eigenvalue weighted by Gasteiger charge is -2.19. The minimum atomic E-state index is -3.48. The number of hydrogen-bond acceptors (Lipinski definition) is 4. The highest BCUT2D eigenvalue weighted by molar-refractivity contribution is 7.89. The normalized spacial score (nSPS) is 13.8. The van der Waals surface area contributed by atoms with E-state index in [2.05, 4.69) is 9.46 Å². The van der Waals surface area contributed by atoms with E-state index in [0.29, 0.717) is 6.42 Å². The molecule has 16 heavy (non-hydrogen) atoms. The molecule has 0 aromatic heterocycles. The van der Waals surface area contributed by atoms with E-state index in [4.69, 9.17) is 11.6 Å². The van der Waals surface area contributed by atoms with Gasteiger partial charge in [-0.2, -0.15) is 0 Å². The molecule has 0 saturated heterocycles. The molecule has 0 aromatic carbocycles. The minimum Gasteiger partial charge on any atom is -0.468 e. The SMILES string of the molecule is COC(=O)C(NS(=O)(=O)CCCCl)C(C)C. The Morgan fingerprint density at radius 1 is 1.44 bits per heavy atom. The number of ether oxygens (including phenoxy) is 1. The quantitative estimate of drug-likeness (QED) is 0.547. The van der Waals surface area contributed by atoms with Crippen LogP contribution in [0.3, 0.4) is 0 Å². The van der Waals surface area contributed by atoms with Gasteiger partial charge in [0.1, 0.15) is 6.04 Å². The third-order valence-corrected chi connectivity index (χ3v) is 3.68. The summed E-state index contributed by atoms with van der Waals surface area (Å²) in [5.74, 6) is -0.565. The maximum Gasteiger partial charge on any atom is 0.324 e. The Hall–Kier alpha value is -0.330. The molecule has 1 N–H and O–H groups in total. The summed E-state index contributed by atoms with van der Waals surface area (Å²) < 4.78 is 29.9. The summed E-state index contributed by atoms with van der Waals surface area (Å²) in [6.07, 6.45) is 0.350. The highest BCUT2D eigenvalue weighted by atomic mass is 35.5. The zero-order valence-electron chi connectivity index (χ0n) is 9.70. The highest BCUT2D eigenvalue weighted by Crippen LogP contribution is 2.06. The van der Waals surface area contributed by atoms with Gasteiger partial charge >= 0.3 is 5.97 Å². The predicted octanol–water partition coefficient (Wildman–Crippen LogP) is 0.732. The average Bonchev–Trinajstić information content (AvgIpc) is 2.22. The van der Waals surface area contributed by atoms with E-state index in [1.54, 1.807) is 13.8 Å². The van der Waals surface area contributed by atoms with Crippen LogP contribution < -0.4 is 4.72 Å². The van der Waals surface area contributed by atoms with Crippen molar-refractivity contribution < 1.29 is 17.9 Å². The lowest BCUT2D eigenvalue weighted by atomic mass is 10.1. The first kappa shape index (κ1) is 15.7. The van der Waals surface area contributed by atoms with Crippen molar-refractivity contribution in [2.45, 2.75) is 26.3 Å². The van der Waals surface area contributed by atoms with Gasteiger partial charge in [-0.15, -0.1) is 11.6 Å². The van der Waals surface area contributed by atoms with Gasteiger partial charge in [0.15, 0.2) is 0 Å². The zero-order valence-corrected chi connectivity index (χ0v) is 11.3. The third kappa shape index (κ3) is 5.67. The number of nitrogens with one attached hydrogen (secondary N) is 1. The first-order chi connectivity index (χ1) is 7.34. The fourth-order valence-electron chi connectivity index (χ4n) is 1.08. The summed E-state index contributed by atoms with van der Waals surface area (Å²) in [7, 11) is -2.25. The molecule has 7 heteroatoms. The predicted molar refractivity (Wildman–Crippen MR) is 62.9 cm³/mol. The smallest absolute Gasteiger partial charge is 0.324 e. The number of alkyl halides is 1. The van der Waals surface area contributed by atoms with Crippen molar-refractivity contribution in [1.29, 1.82) is 0 Å². The maximum atomic E-state index is 11.5. The second-order valence-corrected chi connectivity index (χ2v) is 5.98. The molecule has 0 amide bonds. The Kier molecular flexibility index (Phi) is 6.94. The van der Waals surface area contributed by atoms with Crippen molar-refractivity contribution in [3.8, 4) is 0 Å². The molecule has 0 aliphatic carbocycles. The van der Waals surface area contributed by atoms with Crippen LogP contribution in [0.5, 0.6) is 0 Å². The van der Waals surface area contributed by atoms with E-state index in [-0.39, 0.29) is 17.6 Å². The van der Waals surface area contributed by atoms with Crippen molar-refractivity contribution in [3.63, 3.8) is 0 Å². The van der Waals surface area contributed by atoms with E-state index in [0.717, 1.165) is 0 Å². The number of methoxy groups -OCH3 is 1. The van der Waals surface area contributed by atoms with Gasteiger partial charge in [-0.1, -0.05) is 13.8 Å². The van der Waals surface area contributed by atoms with Crippen LogP contribution in [0.25, 0.3) is 0 Å². The third-order valence-electron chi connectivity index (χ3n) is 1.98. The topological polar surface area (TPSA) is 72.5 Å². The van der Waals surface area contributed by atoms with Gasteiger partial charge in [-0.05, 0) is 12.3 Å². The van der Waals surface area contributed by atoms with Gasteiger partial charge in [0.2, 0.25) is 10.0 Å². The minimum absolute atomic E-state index is 0.0866. The van der Waals surface area contributed by atoms with E-state index in [1.165, 1.54) is 7.11 Å². The van der Waals surface area contributed by atoms with Crippen LogP contribution in [0.1, 0.15) is 20.3 Å². The molecule has 0 radical (unpaired) electrons. The van der Waals surface area contributed by atoms with Crippen LogP contribution in [-0.4, -0.2) is 39.2 Å². The maximum absolute atomic E-state index is 11.5. The van der Waals surface area contributed by atoms with Crippen LogP contribution in [0.15, 0.2) is 0 Å². The largest absolute Gasteiger partial charge is 0.468 e. The van der Waals surface area contributed by atoms with Crippen LogP contribution in [0.2, 0.25) is 0 Å². The molecule has 0 heterocycles. The Morgan fingerprint density at radius 2 is 2.00 bits per heavy atom. The summed E-state index contributed by atoms with van der Waals surface area (Å²) in [6.45, 7) is 3.48. The Morgan fingerprint density at radius 3 is 2.38 bits per heavy atom. The van der Waals surface area contributed by atoms with Crippen LogP contribution in [-0.2, 0) is 19.6 Å². The van der Waals surface area contributed by atoms with Crippen molar-refractivity contribution in [2.24, 2.45) is 5.92 Å². The van der Waals surface area contributed by atoms with Gasteiger partial charge in [0.05, 0.1) is 12.9 Å². The molecule has 0 aromatic rings. The summed E-state index contributed by atoms with van der Waals surface area (Å²) in [5, 5.41) is 0. The van der Waals surface area contributed by atoms with E-state index in [1.807, 2.05) is 0 Å². The summed E-state index contributed by atoms with van der Waals surface area (Å²) >= 11 is 5.41.